The van der Waals surface area contributed by atoms with E-state index in [9.17, 15) is 0 Å². The standard InChI is InChI=1S/C18H25N3/c1-19-18-16(11-15-9-5-6-10-17(15)20-18)13-21(2)12-14-7-3-4-8-14/h5-6,9-11,14H,3-4,7-8,12-13H2,1-2H3,(H,19,20). The highest BCUT2D eigenvalue weighted by atomic mass is 15.1. The van der Waals surface area contributed by atoms with Gasteiger partial charge in [-0.1, -0.05) is 31.0 Å². The summed E-state index contributed by atoms with van der Waals surface area (Å²) in [6.07, 6.45) is 5.63. The Morgan fingerprint density at radius 2 is 2.00 bits per heavy atom. The van der Waals surface area contributed by atoms with Gasteiger partial charge in [-0.05, 0) is 37.9 Å². The molecule has 3 rings (SSSR count). The van der Waals surface area contributed by atoms with Crippen molar-refractivity contribution in [2.75, 3.05) is 26.0 Å². The molecule has 0 radical (unpaired) electrons. The summed E-state index contributed by atoms with van der Waals surface area (Å²) in [7, 11) is 4.19. The monoisotopic (exact) mass is 283 g/mol. The number of benzene rings is 1. The van der Waals surface area contributed by atoms with Crippen molar-refractivity contribution in [2.24, 2.45) is 5.92 Å². The van der Waals surface area contributed by atoms with Gasteiger partial charge in [0, 0.05) is 31.1 Å². The summed E-state index contributed by atoms with van der Waals surface area (Å²) >= 11 is 0. The fraction of sp³-hybridized carbons (Fsp3) is 0.500. The lowest BCUT2D eigenvalue weighted by atomic mass is 10.1. The number of anilines is 1. The lowest BCUT2D eigenvalue weighted by Gasteiger charge is -2.22. The molecule has 0 saturated heterocycles. The van der Waals surface area contributed by atoms with Crippen LogP contribution in [0, 0.1) is 5.92 Å². The minimum Gasteiger partial charge on any atom is -0.373 e. The molecule has 0 amide bonds. The van der Waals surface area contributed by atoms with E-state index in [0.717, 1.165) is 23.8 Å². The first-order valence-electron chi connectivity index (χ1n) is 8.01. The van der Waals surface area contributed by atoms with Crippen LogP contribution < -0.4 is 5.32 Å². The quantitative estimate of drug-likeness (QED) is 0.902. The van der Waals surface area contributed by atoms with Crippen LogP contribution in [0.25, 0.3) is 10.9 Å². The Morgan fingerprint density at radius 3 is 2.76 bits per heavy atom. The van der Waals surface area contributed by atoms with Crippen LogP contribution in [0.1, 0.15) is 31.2 Å². The third kappa shape index (κ3) is 3.35. The maximum absolute atomic E-state index is 4.74. The number of pyridine rings is 1. The largest absolute Gasteiger partial charge is 0.373 e. The summed E-state index contributed by atoms with van der Waals surface area (Å²) in [6.45, 7) is 2.17. The number of nitrogens with zero attached hydrogens (tertiary/aromatic N) is 2. The first-order valence-corrected chi connectivity index (χ1v) is 8.01. The SMILES string of the molecule is CNc1nc2ccccc2cc1CN(C)CC1CCCC1. The number of hydrogen-bond acceptors (Lipinski definition) is 3. The predicted molar refractivity (Wildman–Crippen MR) is 89.6 cm³/mol. The topological polar surface area (TPSA) is 28.2 Å². The second-order valence-corrected chi connectivity index (χ2v) is 6.29. The summed E-state index contributed by atoms with van der Waals surface area (Å²) in [5.41, 5.74) is 2.35. The number of rotatable bonds is 5. The summed E-state index contributed by atoms with van der Waals surface area (Å²) in [4.78, 5) is 7.19. The summed E-state index contributed by atoms with van der Waals surface area (Å²) < 4.78 is 0. The van der Waals surface area contributed by atoms with Crippen molar-refractivity contribution in [3.8, 4) is 0 Å². The van der Waals surface area contributed by atoms with Crippen molar-refractivity contribution >= 4 is 16.7 Å². The summed E-state index contributed by atoms with van der Waals surface area (Å²) in [6, 6.07) is 10.6. The summed E-state index contributed by atoms with van der Waals surface area (Å²) in [5, 5.41) is 4.47. The molecular formula is C18H25N3. The van der Waals surface area contributed by atoms with Crippen LogP contribution in [-0.2, 0) is 6.54 Å². The summed E-state index contributed by atoms with van der Waals surface area (Å²) in [5.74, 6) is 1.90. The molecule has 1 N–H and O–H groups in total. The van der Waals surface area contributed by atoms with Crippen LogP contribution in [0.5, 0.6) is 0 Å². The van der Waals surface area contributed by atoms with E-state index < -0.39 is 0 Å². The zero-order valence-electron chi connectivity index (χ0n) is 13.1. The van der Waals surface area contributed by atoms with Crippen LogP contribution in [0.3, 0.4) is 0 Å². The average Bonchev–Trinajstić information content (AvgIpc) is 2.99. The van der Waals surface area contributed by atoms with E-state index >= 15 is 0 Å². The van der Waals surface area contributed by atoms with E-state index in [1.54, 1.807) is 0 Å². The van der Waals surface area contributed by atoms with Gasteiger partial charge in [-0.3, -0.25) is 0 Å². The van der Waals surface area contributed by atoms with E-state index in [2.05, 4.69) is 41.5 Å². The van der Waals surface area contributed by atoms with Crippen molar-refractivity contribution < 1.29 is 0 Å². The van der Waals surface area contributed by atoms with Crippen molar-refractivity contribution in [2.45, 2.75) is 32.2 Å². The molecule has 112 valence electrons. The molecule has 0 aliphatic heterocycles. The first kappa shape index (κ1) is 14.3. The second kappa shape index (κ2) is 6.44. The minimum absolute atomic E-state index is 0.890. The van der Waals surface area contributed by atoms with Gasteiger partial charge in [-0.2, -0.15) is 0 Å². The Kier molecular flexibility index (Phi) is 4.39. The third-order valence-electron chi connectivity index (χ3n) is 4.52. The third-order valence-corrected chi connectivity index (χ3v) is 4.52. The van der Waals surface area contributed by atoms with E-state index in [-0.39, 0.29) is 0 Å². The fourth-order valence-corrected chi connectivity index (χ4v) is 3.49. The van der Waals surface area contributed by atoms with Gasteiger partial charge in [0.2, 0.25) is 0 Å². The van der Waals surface area contributed by atoms with E-state index in [1.165, 1.54) is 43.2 Å². The van der Waals surface area contributed by atoms with Crippen LogP contribution in [0.2, 0.25) is 0 Å². The zero-order valence-corrected chi connectivity index (χ0v) is 13.1. The molecule has 2 aromatic rings. The Hall–Kier alpha value is -1.61. The molecule has 1 saturated carbocycles. The molecule has 1 fully saturated rings. The Morgan fingerprint density at radius 1 is 1.24 bits per heavy atom. The fourth-order valence-electron chi connectivity index (χ4n) is 3.49. The highest BCUT2D eigenvalue weighted by Gasteiger charge is 2.17. The van der Waals surface area contributed by atoms with E-state index in [0.29, 0.717) is 0 Å². The molecule has 0 atom stereocenters. The molecule has 1 aliphatic carbocycles. The number of nitrogens with one attached hydrogen (secondary N) is 1. The van der Waals surface area contributed by atoms with Gasteiger partial charge in [0.15, 0.2) is 0 Å². The minimum atomic E-state index is 0.890. The molecule has 1 aliphatic rings. The van der Waals surface area contributed by atoms with Gasteiger partial charge in [0.25, 0.3) is 0 Å². The van der Waals surface area contributed by atoms with Crippen molar-refractivity contribution in [3.05, 3.63) is 35.9 Å². The van der Waals surface area contributed by atoms with Gasteiger partial charge in [0.05, 0.1) is 5.52 Å². The molecular weight excluding hydrogens is 258 g/mol. The van der Waals surface area contributed by atoms with Gasteiger partial charge in [0.1, 0.15) is 5.82 Å². The Balaban J connectivity index is 1.78. The van der Waals surface area contributed by atoms with Gasteiger partial charge in [-0.25, -0.2) is 4.98 Å². The van der Waals surface area contributed by atoms with E-state index in [1.807, 2.05) is 13.1 Å². The van der Waals surface area contributed by atoms with Crippen LogP contribution >= 0.6 is 0 Å². The molecule has 3 heteroatoms. The second-order valence-electron chi connectivity index (χ2n) is 6.29. The molecule has 1 aromatic heterocycles. The predicted octanol–water partition coefficient (Wildman–Crippen LogP) is 3.90. The lowest BCUT2D eigenvalue weighted by Crippen LogP contribution is -2.24. The van der Waals surface area contributed by atoms with Gasteiger partial charge >= 0.3 is 0 Å². The molecule has 1 aromatic carbocycles. The smallest absolute Gasteiger partial charge is 0.130 e. The maximum Gasteiger partial charge on any atom is 0.130 e. The highest BCUT2D eigenvalue weighted by Crippen LogP contribution is 2.26. The number of fused-ring (bicyclic) bond motifs is 1. The van der Waals surface area contributed by atoms with Gasteiger partial charge < -0.3 is 10.2 Å². The molecule has 0 spiro atoms. The lowest BCUT2D eigenvalue weighted by molar-refractivity contribution is 0.271. The molecule has 0 bridgehead atoms. The average molecular weight is 283 g/mol. The normalized spacial score (nSPS) is 16.0. The van der Waals surface area contributed by atoms with Crippen molar-refractivity contribution in [1.29, 1.82) is 0 Å². The Bertz CT molecular complexity index is 602. The number of aromatic nitrogens is 1. The van der Waals surface area contributed by atoms with Crippen molar-refractivity contribution in [1.82, 2.24) is 9.88 Å². The number of hydrogen-bond donors (Lipinski definition) is 1. The Labute approximate surface area is 127 Å². The van der Waals surface area contributed by atoms with Crippen LogP contribution in [0.15, 0.2) is 30.3 Å². The van der Waals surface area contributed by atoms with Gasteiger partial charge in [-0.15, -0.1) is 0 Å². The van der Waals surface area contributed by atoms with Crippen LogP contribution in [0.4, 0.5) is 5.82 Å². The van der Waals surface area contributed by atoms with Crippen LogP contribution in [-0.4, -0.2) is 30.5 Å². The zero-order chi connectivity index (χ0) is 14.7. The highest BCUT2D eigenvalue weighted by molar-refractivity contribution is 5.81. The van der Waals surface area contributed by atoms with E-state index in [4.69, 9.17) is 4.98 Å². The maximum atomic E-state index is 4.74. The van der Waals surface area contributed by atoms with Crippen molar-refractivity contribution in [3.63, 3.8) is 0 Å². The molecule has 3 nitrogen and oxygen atoms in total. The first-order chi connectivity index (χ1) is 10.3. The molecule has 0 unspecified atom stereocenters. The molecule has 21 heavy (non-hydrogen) atoms. The molecule has 1 heterocycles. The number of para-hydroxylation sites is 1.